The Kier molecular flexibility index (Phi) is 3.05. The Morgan fingerprint density at radius 3 is 2.44 bits per heavy atom. The molecule has 2 N–H and O–H groups in total. The molecule has 2 rings (SSSR count). The first-order chi connectivity index (χ1) is 7.79. The van der Waals surface area contributed by atoms with Crippen LogP contribution >= 0.6 is 0 Å². The van der Waals surface area contributed by atoms with Gasteiger partial charge in [-0.1, -0.05) is 0 Å². The van der Waals surface area contributed by atoms with Crippen LogP contribution in [-0.2, 0) is 0 Å². The lowest BCUT2D eigenvalue weighted by Crippen LogP contribution is -1.91. The molecule has 0 bridgehead atoms. The van der Waals surface area contributed by atoms with E-state index in [1.165, 1.54) is 0 Å². The summed E-state index contributed by atoms with van der Waals surface area (Å²) in [5, 5.41) is 0. The van der Waals surface area contributed by atoms with E-state index in [0.717, 1.165) is 17.0 Å². The minimum Gasteiger partial charge on any atom is -0.494 e. The van der Waals surface area contributed by atoms with Crippen LogP contribution in [-0.4, -0.2) is 11.6 Å². The third-order valence-corrected chi connectivity index (χ3v) is 2.25. The van der Waals surface area contributed by atoms with Crippen LogP contribution in [0.1, 0.15) is 6.92 Å². The second-order valence-electron chi connectivity index (χ2n) is 3.43. The summed E-state index contributed by atoms with van der Waals surface area (Å²) >= 11 is 0. The third-order valence-electron chi connectivity index (χ3n) is 2.25. The summed E-state index contributed by atoms with van der Waals surface area (Å²) < 4.78 is 5.38. The Morgan fingerprint density at radius 1 is 1.12 bits per heavy atom. The summed E-state index contributed by atoms with van der Waals surface area (Å²) in [5.41, 5.74) is 8.23. The van der Waals surface area contributed by atoms with Gasteiger partial charge in [0, 0.05) is 5.56 Å². The van der Waals surface area contributed by atoms with Gasteiger partial charge < -0.3 is 10.5 Å². The van der Waals surface area contributed by atoms with Gasteiger partial charge in [-0.05, 0) is 43.3 Å². The van der Waals surface area contributed by atoms with E-state index in [0.29, 0.717) is 12.3 Å². The molecule has 0 atom stereocenters. The molecule has 82 valence electrons. The van der Waals surface area contributed by atoms with Gasteiger partial charge in [-0.25, -0.2) is 0 Å². The normalized spacial score (nSPS) is 10.1. The first-order valence-electron chi connectivity index (χ1n) is 5.24. The van der Waals surface area contributed by atoms with Gasteiger partial charge in [0.25, 0.3) is 0 Å². The maximum atomic E-state index is 5.59. The Balaban J connectivity index is 2.24. The smallest absolute Gasteiger partial charge is 0.119 e. The molecule has 0 unspecified atom stereocenters. The van der Waals surface area contributed by atoms with Crippen molar-refractivity contribution in [2.24, 2.45) is 0 Å². The van der Waals surface area contributed by atoms with Gasteiger partial charge in [-0.15, -0.1) is 0 Å². The van der Waals surface area contributed by atoms with Crippen molar-refractivity contribution in [2.75, 3.05) is 12.3 Å². The van der Waals surface area contributed by atoms with Crippen LogP contribution < -0.4 is 10.5 Å². The highest BCUT2D eigenvalue weighted by Crippen LogP contribution is 2.21. The van der Waals surface area contributed by atoms with E-state index in [-0.39, 0.29) is 0 Å². The minimum atomic E-state index is 0.676. The molecule has 16 heavy (non-hydrogen) atoms. The zero-order chi connectivity index (χ0) is 11.4. The van der Waals surface area contributed by atoms with Crippen LogP contribution in [0.3, 0.4) is 0 Å². The molecular weight excluding hydrogens is 200 g/mol. The summed E-state index contributed by atoms with van der Waals surface area (Å²) in [7, 11) is 0. The van der Waals surface area contributed by atoms with Crippen LogP contribution in [0.15, 0.2) is 42.6 Å². The Morgan fingerprint density at radius 2 is 1.88 bits per heavy atom. The number of hydrogen-bond acceptors (Lipinski definition) is 3. The number of ether oxygens (including phenoxy) is 1. The zero-order valence-electron chi connectivity index (χ0n) is 9.18. The molecule has 0 aliphatic carbocycles. The number of nitrogen functional groups attached to an aromatic ring is 1. The molecule has 0 spiro atoms. The minimum absolute atomic E-state index is 0.676. The Hall–Kier alpha value is -2.03. The van der Waals surface area contributed by atoms with E-state index >= 15 is 0 Å². The van der Waals surface area contributed by atoms with Crippen molar-refractivity contribution in [2.45, 2.75) is 6.92 Å². The lowest BCUT2D eigenvalue weighted by Gasteiger charge is -2.04. The Bertz CT molecular complexity index is 448. The van der Waals surface area contributed by atoms with Gasteiger partial charge in [-0.3, -0.25) is 4.98 Å². The molecule has 3 heteroatoms. The molecule has 1 aromatic heterocycles. The average molecular weight is 214 g/mol. The van der Waals surface area contributed by atoms with Gasteiger partial charge in [0.05, 0.1) is 24.2 Å². The van der Waals surface area contributed by atoms with Crippen molar-refractivity contribution in [3.8, 4) is 17.0 Å². The van der Waals surface area contributed by atoms with Crippen molar-refractivity contribution >= 4 is 5.69 Å². The van der Waals surface area contributed by atoms with Crippen molar-refractivity contribution in [3.05, 3.63) is 42.6 Å². The number of pyridine rings is 1. The van der Waals surface area contributed by atoms with E-state index in [1.807, 2.05) is 43.3 Å². The van der Waals surface area contributed by atoms with E-state index < -0.39 is 0 Å². The fourth-order valence-corrected chi connectivity index (χ4v) is 1.46. The highest BCUT2D eigenvalue weighted by molar-refractivity contribution is 5.61. The number of rotatable bonds is 3. The molecule has 1 aromatic carbocycles. The van der Waals surface area contributed by atoms with E-state index in [1.54, 1.807) is 6.20 Å². The van der Waals surface area contributed by atoms with Crippen LogP contribution in [0.4, 0.5) is 5.69 Å². The van der Waals surface area contributed by atoms with E-state index in [9.17, 15) is 0 Å². The van der Waals surface area contributed by atoms with Crippen molar-refractivity contribution in [1.29, 1.82) is 0 Å². The Labute approximate surface area is 94.9 Å². The van der Waals surface area contributed by atoms with Gasteiger partial charge in [0.1, 0.15) is 5.75 Å². The van der Waals surface area contributed by atoms with E-state index in [2.05, 4.69) is 4.98 Å². The van der Waals surface area contributed by atoms with Crippen LogP contribution in [0.5, 0.6) is 5.75 Å². The molecule has 1 heterocycles. The average Bonchev–Trinajstić information content (AvgIpc) is 2.32. The number of aromatic nitrogens is 1. The summed E-state index contributed by atoms with van der Waals surface area (Å²) in [6.07, 6.45) is 1.66. The first kappa shape index (κ1) is 10.5. The summed E-state index contributed by atoms with van der Waals surface area (Å²) in [6.45, 7) is 2.65. The summed E-state index contributed by atoms with van der Waals surface area (Å²) in [5.74, 6) is 0.877. The van der Waals surface area contributed by atoms with Gasteiger partial charge in [-0.2, -0.15) is 0 Å². The van der Waals surface area contributed by atoms with Crippen molar-refractivity contribution in [3.63, 3.8) is 0 Å². The largest absolute Gasteiger partial charge is 0.494 e. The molecule has 0 radical (unpaired) electrons. The van der Waals surface area contributed by atoms with Crippen molar-refractivity contribution in [1.82, 2.24) is 4.98 Å². The zero-order valence-corrected chi connectivity index (χ0v) is 9.18. The highest BCUT2D eigenvalue weighted by atomic mass is 16.5. The van der Waals surface area contributed by atoms with Crippen LogP contribution in [0, 0.1) is 0 Å². The molecular formula is C13H14N2O. The van der Waals surface area contributed by atoms with Crippen molar-refractivity contribution < 1.29 is 4.74 Å². The third kappa shape index (κ3) is 2.31. The molecule has 3 nitrogen and oxygen atoms in total. The van der Waals surface area contributed by atoms with E-state index in [4.69, 9.17) is 10.5 Å². The second kappa shape index (κ2) is 4.66. The van der Waals surface area contributed by atoms with Crippen LogP contribution in [0.25, 0.3) is 11.3 Å². The molecule has 0 fully saturated rings. The van der Waals surface area contributed by atoms with Crippen LogP contribution in [0.2, 0.25) is 0 Å². The summed E-state index contributed by atoms with van der Waals surface area (Å²) in [4.78, 5) is 4.26. The fraction of sp³-hybridized carbons (Fsp3) is 0.154. The summed E-state index contributed by atoms with van der Waals surface area (Å²) in [6, 6.07) is 11.6. The number of benzene rings is 1. The predicted molar refractivity (Wildman–Crippen MR) is 65.3 cm³/mol. The van der Waals surface area contributed by atoms with Gasteiger partial charge in [0.15, 0.2) is 0 Å². The monoisotopic (exact) mass is 214 g/mol. The number of nitrogens with two attached hydrogens (primary N) is 1. The number of nitrogens with zero attached hydrogens (tertiary/aromatic N) is 1. The number of hydrogen-bond donors (Lipinski definition) is 1. The maximum absolute atomic E-state index is 5.59. The molecule has 0 saturated heterocycles. The lowest BCUT2D eigenvalue weighted by atomic mass is 10.1. The molecule has 0 aliphatic heterocycles. The lowest BCUT2D eigenvalue weighted by molar-refractivity contribution is 0.340. The topological polar surface area (TPSA) is 48.1 Å². The standard InChI is InChI=1S/C13H14N2O/c1-2-16-12-6-3-10(4-7-12)13-8-5-11(14)9-15-13/h3-9H,2,14H2,1H3. The quantitative estimate of drug-likeness (QED) is 0.854. The number of anilines is 1. The maximum Gasteiger partial charge on any atom is 0.119 e. The molecule has 0 amide bonds. The highest BCUT2D eigenvalue weighted by Gasteiger charge is 1.99. The molecule has 2 aromatic rings. The fourth-order valence-electron chi connectivity index (χ4n) is 1.46. The van der Waals surface area contributed by atoms with Gasteiger partial charge in [0.2, 0.25) is 0 Å². The molecule has 0 saturated carbocycles. The van der Waals surface area contributed by atoms with Gasteiger partial charge >= 0.3 is 0 Å². The molecule has 0 aliphatic rings. The predicted octanol–water partition coefficient (Wildman–Crippen LogP) is 2.73. The first-order valence-corrected chi connectivity index (χ1v) is 5.24. The second-order valence-corrected chi connectivity index (χ2v) is 3.43. The SMILES string of the molecule is CCOc1ccc(-c2ccc(N)cn2)cc1.